The summed E-state index contributed by atoms with van der Waals surface area (Å²) in [4.78, 5) is 0. The third-order valence-electron chi connectivity index (χ3n) is 5.03. The van der Waals surface area contributed by atoms with Gasteiger partial charge in [-0.25, -0.2) is 0 Å². The van der Waals surface area contributed by atoms with Crippen LogP contribution in [-0.2, 0) is 0 Å². The van der Waals surface area contributed by atoms with Crippen LogP contribution in [0.1, 0.15) is 44.9 Å². The molecule has 1 N–H and O–H groups in total. The van der Waals surface area contributed by atoms with Gasteiger partial charge < -0.3 is 5.32 Å². The van der Waals surface area contributed by atoms with Gasteiger partial charge in [0.05, 0.1) is 0 Å². The first kappa shape index (κ1) is 9.21. The van der Waals surface area contributed by atoms with Gasteiger partial charge in [-0.3, -0.25) is 0 Å². The summed E-state index contributed by atoms with van der Waals surface area (Å²) in [6.07, 6.45) is 10.9. The third-order valence-corrected chi connectivity index (χ3v) is 5.03. The van der Waals surface area contributed by atoms with Gasteiger partial charge in [0.1, 0.15) is 0 Å². The van der Waals surface area contributed by atoms with Crippen molar-refractivity contribution >= 4 is 0 Å². The Balaban J connectivity index is 1.86. The molecule has 0 aromatic rings. The van der Waals surface area contributed by atoms with Gasteiger partial charge in [0.25, 0.3) is 0 Å². The summed E-state index contributed by atoms with van der Waals surface area (Å²) in [6.45, 7) is 1.29. The van der Waals surface area contributed by atoms with Crippen LogP contribution in [0.2, 0.25) is 0 Å². The van der Waals surface area contributed by atoms with Gasteiger partial charge in [-0.1, -0.05) is 12.8 Å². The summed E-state index contributed by atoms with van der Waals surface area (Å²) in [7, 11) is 2.13. The largest absolute Gasteiger partial charge is 0.319 e. The minimum Gasteiger partial charge on any atom is -0.319 e. The molecule has 0 saturated heterocycles. The second kappa shape index (κ2) is 3.23. The Kier molecular flexibility index (Phi) is 2.12. The van der Waals surface area contributed by atoms with Crippen molar-refractivity contribution in [2.24, 2.45) is 23.2 Å². The highest BCUT2D eigenvalue weighted by atomic mass is 14.8. The first-order valence-electron chi connectivity index (χ1n) is 6.44. The van der Waals surface area contributed by atoms with E-state index in [0.717, 1.165) is 23.2 Å². The second-order valence-corrected chi connectivity index (χ2v) is 6.29. The summed E-state index contributed by atoms with van der Waals surface area (Å²) < 4.78 is 0. The van der Waals surface area contributed by atoms with Crippen molar-refractivity contribution in [3.8, 4) is 0 Å². The maximum Gasteiger partial charge on any atom is 0.000511 e. The van der Waals surface area contributed by atoms with Crippen molar-refractivity contribution in [1.29, 1.82) is 0 Å². The van der Waals surface area contributed by atoms with E-state index in [1.165, 1.54) is 6.54 Å². The first-order valence-corrected chi connectivity index (χ1v) is 6.44. The van der Waals surface area contributed by atoms with E-state index in [1.54, 1.807) is 44.9 Å². The van der Waals surface area contributed by atoms with E-state index in [4.69, 9.17) is 0 Å². The number of rotatable bonds is 2. The summed E-state index contributed by atoms with van der Waals surface area (Å²) in [5.74, 6) is 3.28. The van der Waals surface area contributed by atoms with E-state index in [-0.39, 0.29) is 0 Å². The average Bonchev–Trinajstić information content (AvgIpc) is 2.32. The van der Waals surface area contributed by atoms with Crippen molar-refractivity contribution in [3.05, 3.63) is 0 Å². The number of fused-ring (bicyclic) bond motifs is 1. The molecule has 4 rings (SSSR count). The molecule has 4 aliphatic rings. The van der Waals surface area contributed by atoms with Crippen LogP contribution in [0, 0.1) is 23.2 Å². The topological polar surface area (TPSA) is 12.0 Å². The molecule has 0 aromatic heterocycles. The molecule has 14 heavy (non-hydrogen) atoms. The van der Waals surface area contributed by atoms with Gasteiger partial charge in [0, 0.05) is 6.54 Å². The average molecular weight is 193 g/mol. The minimum atomic E-state index is 0.724. The number of nitrogens with one attached hydrogen (secondary N) is 1. The smallest absolute Gasteiger partial charge is 0.000511 e. The molecule has 1 nitrogen and oxygen atoms in total. The van der Waals surface area contributed by atoms with Crippen molar-refractivity contribution in [3.63, 3.8) is 0 Å². The fourth-order valence-electron chi connectivity index (χ4n) is 4.96. The Morgan fingerprint density at radius 2 is 1.57 bits per heavy atom. The Labute approximate surface area is 87.7 Å². The summed E-state index contributed by atoms with van der Waals surface area (Å²) in [5, 5.41) is 3.45. The second-order valence-electron chi connectivity index (χ2n) is 6.29. The van der Waals surface area contributed by atoms with E-state index in [1.807, 2.05) is 0 Å². The molecule has 80 valence electrons. The molecule has 2 unspecified atom stereocenters. The van der Waals surface area contributed by atoms with Crippen LogP contribution in [0.15, 0.2) is 0 Å². The van der Waals surface area contributed by atoms with Crippen LogP contribution < -0.4 is 5.32 Å². The van der Waals surface area contributed by atoms with Crippen LogP contribution in [0.25, 0.3) is 0 Å². The molecular formula is C13H23N. The van der Waals surface area contributed by atoms with Crippen LogP contribution in [0.3, 0.4) is 0 Å². The maximum atomic E-state index is 3.45. The Morgan fingerprint density at radius 1 is 1.00 bits per heavy atom. The molecule has 0 spiro atoms. The van der Waals surface area contributed by atoms with Crippen molar-refractivity contribution in [2.45, 2.75) is 44.9 Å². The van der Waals surface area contributed by atoms with Gasteiger partial charge in [-0.2, -0.15) is 0 Å². The predicted molar refractivity (Wildman–Crippen MR) is 59.1 cm³/mol. The zero-order chi connectivity index (χ0) is 9.60. The van der Waals surface area contributed by atoms with Crippen molar-refractivity contribution < 1.29 is 0 Å². The molecule has 0 heterocycles. The van der Waals surface area contributed by atoms with Gasteiger partial charge in [0.2, 0.25) is 0 Å². The highest BCUT2D eigenvalue weighted by Crippen LogP contribution is 2.57. The highest BCUT2D eigenvalue weighted by molar-refractivity contribution is 4.99. The predicted octanol–water partition coefficient (Wildman–Crippen LogP) is 2.81. The van der Waals surface area contributed by atoms with E-state index in [2.05, 4.69) is 12.4 Å². The van der Waals surface area contributed by atoms with Crippen LogP contribution in [0.5, 0.6) is 0 Å². The van der Waals surface area contributed by atoms with E-state index in [9.17, 15) is 0 Å². The number of hydrogen-bond acceptors (Lipinski definition) is 1. The van der Waals surface area contributed by atoms with Crippen LogP contribution >= 0.6 is 0 Å². The first-order chi connectivity index (χ1) is 6.80. The molecule has 0 aliphatic heterocycles. The van der Waals surface area contributed by atoms with Gasteiger partial charge in [-0.05, 0) is 62.3 Å². The zero-order valence-electron chi connectivity index (χ0n) is 9.39. The molecule has 4 saturated carbocycles. The Bertz CT molecular complexity index is 207. The number of hydrogen-bond donors (Lipinski definition) is 1. The molecule has 4 fully saturated rings. The lowest BCUT2D eigenvalue weighted by atomic mass is 9.58. The minimum absolute atomic E-state index is 0.724. The highest BCUT2D eigenvalue weighted by Gasteiger charge is 2.47. The Morgan fingerprint density at radius 3 is 2.14 bits per heavy atom. The van der Waals surface area contributed by atoms with E-state index in [0.29, 0.717) is 0 Å². The Hall–Kier alpha value is -0.0400. The lowest BCUT2D eigenvalue weighted by Gasteiger charge is -2.48. The lowest BCUT2D eigenvalue weighted by Crippen LogP contribution is -2.43. The molecule has 4 atom stereocenters. The fraction of sp³-hybridized carbons (Fsp3) is 1.00. The van der Waals surface area contributed by atoms with Crippen molar-refractivity contribution in [2.75, 3.05) is 13.6 Å². The quantitative estimate of drug-likeness (QED) is 0.711. The lowest BCUT2D eigenvalue weighted by molar-refractivity contribution is 0.0365. The maximum absolute atomic E-state index is 3.45. The molecule has 0 aromatic carbocycles. The third kappa shape index (κ3) is 1.41. The van der Waals surface area contributed by atoms with E-state index < -0.39 is 0 Å². The van der Waals surface area contributed by atoms with Gasteiger partial charge in [0.15, 0.2) is 0 Å². The summed E-state index contributed by atoms with van der Waals surface area (Å²) in [5.41, 5.74) is 0.724. The van der Waals surface area contributed by atoms with Crippen LogP contribution in [0.4, 0.5) is 0 Å². The monoisotopic (exact) mass is 193 g/mol. The van der Waals surface area contributed by atoms with Crippen molar-refractivity contribution in [1.82, 2.24) is 5.32 Å². The normalized spacial score (nSPS) is 50.8. The summed E-state index contributed by atoms with van der Waals surface area (Å²) >= 11 is 0. The molecule has 0 radical (unpaired) electrons. The molecule has 4 aliphatic carbocycles. The van der Waals surface area contributed by atoms with Crippen LogP contribution in [-0.4, -0.2) is 13.6 Å². The van der Waals surface area contributed by atoms with Gasteiger partial charge in [-0.15, -0.1) is 0 Å². The standard InChI is InChI=1S/C13H23N/c1-14-9-13-6-10-2-3-11(7-13)5-12(4-10)8-13/h10-12,14H,2-9H2,1H3/t10-,11+,12?,13?. The molecule has 4 bridgehead atoms. The van der Waals surface area contributed by atoms with Gasteiger partial charge >= 0.3 is 0 Å². The SMILES string of the molecule is CNCC12CC3C[C@@H](CC[C@@H](C3)C1)C2. The zero-order valence-corrected chi connectivity index (χ0v) is 9.39. The summed E-state index contributed by atoms with van der Waals surface area (Å²) in [6, 6.07) is 0. The van der Waals surface area contributed by atoms with E-state index >= 15 is 0 Å². The fourth-order valence-corrected chi connectivity index (χ4v) is 4.96. The molecule has 0 amide bonds. The molecular weight excluding hydrogens is 170 g/mol. The molecule has 1 heteroatoms.